The Morgan fingerprint density at radius 1 is 1.11 bits per heavy atom. The summed E-state index contributed by atoms with van der Waals surface area (Å²) in [7, 11) is -4.16. The Morgan fingerprint density at radius 3 is 2.25 bits per heavy atom. The van der Waals surface area contributed by atoms with E-state index in [-0.39, 0.29) is 27.1 Å². The van der Waals surface area contributed by atoms with Gasteiger partial charge in [-0.15, -0.1) is 0 Å². The molecule has 0 bridgehead atoms. The van der Waals surface area contributed by atoms with Gasteiger partial charge in [0.05, 0.1) is 21.2 Å². The lowest BCUT2D eigenvalue weighted by molar-refractivity contribution is -0.384. The third kappa shape index (κ3) is 3.49. The Hall–Kier alpha value is -3.53. The number of esters is 1. The number of carbonyl (C=O) groups is 1. The topological polar surface area (TPSA) is 121 Å². The van der Waals surface area contributed by atoms with Gasteiger partial charge in [0, 0.05) is 19.1 Å². The largest absolute Gasteiger partial charge is 0.406 e. The summed E-state index contributed by atoms with van der Waals surface area (Å²) in [6, 6.07) is 13.0. The molecule has 0 saturated carbocycles. The molecule has 0 spiro atoms. The second-order valence-electron chi connectivity index (χ2n) is 5.82. The van der Waals surface area contributed by atoms with Gasteiger partial charge >= 0.3 is 5.97 Å². The van der Waals surface area contributed by atoms with E-state index in [0.717, 1.165) is 31.2 Å². The van der Waals surface area contributed by atoms with E-state index < -0.39 is 20.7 Å². The second kappa shape index (κ2) is 7.24. The maximum atomic E-state index is 13.2. The summed E-state index contributed by atoms with van der Waals surface area (Å²) in [6.07, 6.45) is 0. The molecule has 1 heterocycles. The summed E-state index contributed by atoms with van der Waals surface area (Å²) < 4.78 is 32.8. The first-order chi connectivity index (χ1) is 13.2. The van der Waals surface area contributed by atoms with Crippen LogP contribution in [0.25, 0.3) is 5.69 Å². The molecule has 3 aromatic rings. The Bertz CT molecular complexity index is 1150. The molecule has 28 heavy (non-hydrogen) atoms. The number of sulfone groups is 1. The van der Waals surface area contributed by atoms with Crippen molar-refractivity contribution in [3.63, 3.8) is 0 Å². The number of carbonyl (C=O) groups excluding carboxylic acids is 1. The molecule has 2 aromatic carbocycles. The van der Waals surface area contributed by atoms with Crippen molar-refractivity contribution in [3.05, 3.63) is 70.4 Å². The zero-order valence-corrected chi connectivity index (χ0v) is 15.7. The predicted octanol–water partition coefficient (Wildman–Crippen LogP) is 2.85. The van der Waals surface area contributed by atoms with Crippen LogP contribution in [0.1, 0.15) is 12.6 Å². The minimum absolute atomic E-state index is 0.124. The first-order valence-electron chi connectivity index (χ1n) is 8.05. The number of rotatable bonds is 5. The van der Waals surface area contributed by atoms with Crippen molar-refractivity contribution in [2.45, 2.75) is 23.6 Å². The van der Waals surface area contributed by atoms with Crippen LogP contribution in [0, 0.1) is 17.0 Å². The van der Waals surface area contributed by atoms with Crippen LogP contribution < -0.4 is 4.74 Å². The first-order valence-corrected chi connectivity index (χ1v) is 9.53. The molecule has 0 unspecified atom stereocenters. The Kier molecular flexibility index (Phi) is 4.97. The molecule has 10 heteroatoms. The van der Waals surface area contributed by atoms with Gasteiger partial charge < -0.3 is 4.74 Å². The summed E-state index contributed by atoms with van der Waals surface area (Å²) in [5.41, 5.74) is 0.390. The highest BCUT2D eigenvalue weighted by Gasteiger charge is 2.31. The second-order valence-corrected chi connectivity index (χ2v) is 7.70. The number of nitro groups is 1. The van der Waals surface area contributed by atoms with Gasteiger partial charge in [-0.25, -0.2) is 8.42 Å². The third-order valence-electron chi connectivity index (χ3n) is 3.83. The highest BCUT2D eigenvalue weighted by molar-refractivity contribution is 7.91. The number of ether oxygens (including phenoxy) is 1. The molecule has 0 amide bonds. The minimum atomic E-state index is -4.16. The number of aromatic nitrogens is 2. The number of nitrogens with zero attached hydrogens (tertiary/aromatic N) is 3. The molecule has 1 aromatic heterocycles. The molecule has 144 valence electrons. The van der Waals surface area contributed by atoms with Crippen LogP contribution in [0.2, 0.25) is 0 Å². The van der Waals surface area contributed by atoms with E-state index in [0.29, 0.717) is 5.69 Å². The van der Waals surface area contributed by atoms with E-state index in [1.165, 1.54) is 11.6 Å². The molecule has 0 saturated heterocycles. The highest BCUT2D eigenvalue weighted by atomic mass is 32.2. The van der Waals surface area contributed by atoms with Crippen molar-refractivity contribution in [1.82, 2.24) is 9.78 Å². The summed E-state index contributed by atoms with van der Waals surface area (Å²) in [5.74, 6) is -0.952. The van der Waals surface area contributed by atoms with Crippen molar-refractivity contribution in [3.8, 4) is 11.6 Å². The standard InChI is InChI=1S/C18H15N3O6S/c1-12-17(28(25,26)16-10-8-15(9-11-16)21(23)24)18(27-13(2)22)20(19-12)14-6-4-3-5-7-14/h3-11H,1-2H3. The molecular formula is C18H15N3O6S. The molecular weight excluding hydrogens is 386 g/mol. The van der Waals surface area contributed by atoms with E-state index in [1.807, 2.05) is 0 Å². The van der Waals surface area contributed by atoms with Gasteiger partial charge in [-0.05, 0) is 31.2 Å². The van der Waals surface area contributed by atoms with Gasteiger partial charge in [-0.3, -0.25) is 14.9 Å². The van der Waals surface area contributed by atoms with Crippen molar-refractivity contribution in [1.29, 1.82) is 0 Å². The van der Waals surface area contributed by atoms with Gasteiger partial charge in [0.2, 0.25) is 15.7 Å². The van der Waals surface area contributed by atoms with E-state index >= 15 is 0 Å². The predicted molar refractivity (Wildman–Crippen MR) is 98.2 cm³/mol. The van der Waals surface area contributed by atoms with Crippen LogP contribution in [0.3, 0.4) is 0 Å². The molecule has 0 N–H and O–H groups in total. The lowest BCUT2D eigenvalue weighted by Gasteiger charge is -2.09. The number of hydrogen-bond donors (Lipinski definition) is 0. The van der Waals surface area contributed by atoms with Crippen LogP contribution >= 0.6 is 0 Å². The molecule has 0 atom stereocenters. The number of hydrogen-bond acceptors (Lipinski definition) is 7. The molecule has 0 radical (unpaired) electrons. The molecule has 3 rings (SSSR count). The molecule has 0 aliphatic carbocycles. The fourth-order valence-corrected chi connectivity index (χ4v) is 4.15. The van der Waals surface area contributed by atoms with Crippen LogP contribution in [0.5, 0.6) is 5.88 Å². The number of benzene rings is 2. The van der Waals surface area contributed by atoms with Gasteiger partial charge in [0.1, 0.15) is 0 Å². The number of aryl methyl sites for hydroxylation is 1. The molecule has 0 aliphatic rings. The lowest BCUT2D eigenvalue weighted by Crippen LogP contribution is -2.11. The molecule has 0 fully saturated rings. The Morgan fingerprint density at radius 2 is 1.71 bits per heavy atom. The fraction of sp³-hybridized carbons (Fsp3) is 0.111. The zero-order chi connectivity index (χ0) is 20.5. The van der Waals surface area contributed by atoms with Gasteiger partial charge in [0.15, 0.2) is 4.90 Å². The van der Waals surface area contributed by atoms with Crippen molar-refractivity contribution < 1.29 is 22.9 Å². The highest BCUT2D eigenvalue weighted by Crippen LogP contribution is 2.35. The van der Waals surface area contributed by atoms with Gasteiger partial charge in [-0.2, -0.15) is 9.78 Å². The lowest BCUT2D eigenvalue weighted by atomic mass is 10.3. The summed E-state index contributed by atoms with van der Waals surface area (Å²) in [6.45, 7) is 2.63. The van der Waals surface area contributed by atoms with Crippen LogP contribution in [0.15, 0.2) is 64.4 Å². The van der Waals surface area contributed by atoms with Crippen molar-refractivity contribution in [2.24, 2.45) is 0 Å². The molecule has 9 nitrogen and oxygen atoms in total. The van der Waals surface area contributed by atoms with E-state index in [2.05, 4.69) is 5.10 Å². The summed E-state index contributed by atoms with van der Waals surface area (Å²) in [5, 5.41) is 15.0. The van der Waals surface area contributed by atoms with E-state index in [9.17, 15) is 23.3 Å². The quantitative estimate of drug-likeness (QED) is 0.366. The maximum absolute atomic E-state index is 13.2. The third-order valence-corrected chi connectivity index (χ3v) is 5.73. The van der Waals surface area contributed by atoms with Crippen molar-refractivity contribution in [2.75, 3.05) is 0 Å². The average molecular weight is 401 g/mol. The summed E-state index contributed by atoms with van der Waals surface area (Å²) >= 11 is 0. The van der Waals surface area contributed by atoms with Gasteiger partial charge in [-0.1, -0.05) is 18.2 Å². The van der Waals surface area contributed by atoms with Gasteiger partial charge in [0.25, 0.3) is 5.69 Å². The Balaban J connectivity index is 2.21. The Labute approximate surface area is 160 Å². The summed E-state index contributed by atoms with van der Waals surface area (Å²) in [4.78, 5) is 21.3. The van der Waals surface area contributed by atoms with Crippen LogP contribution in [-0.4, -0.2) is 29.1 Å². The SMILES string of the molecule is CC(=O)Oc1c(S(=O)(=O)c2ccc([N+](=O)[O-])cc2)c(C)nn1-c1ccccc1. The average Bonchev–Trinajstić information content (AvgIpc) is 2.98. The number of para-hydroxylation sites is 1. The molecule has 0 aliphatic heterocycles. The normalized spacial score (nSPS) is 11.2. The van der Waals surface area contributed by atoms with E-state index in [1.54, 1.807) is 30.3 Å². The zero-order valence-electron chi connectivity index (χ0n) is 14.9. The smallest absolute Gasteiger partial charge is 0.309 e. The van der Waals surface area contributed by atoms with E-state index in [4.69, 9.17) is 4.74 Å². The fourth-order valence-electron chi connectivity index (χ4n) is 2.64. The van der Waals surface area contributed by atoms with Crippen molar-refractivity contribution >= 4 is 21.5 Å². The minimum Gasteiger partial charge on any atom is -0.406 e. The van der Waals surface area contributed by atoms with Crippen LogP contribution in [0.4, 0.5) is 5.69 Å². The number of nitro benzene ring substituents is 1. The monoisotopic (exact) mass is 401 g/mol. The maximum Gasteiger partial charge on any atom is 0.309 e. The number of non-ortho nitro benzene ring substituents is 1. The first kappa shape index (κ1) is 19.2. The van der Waals surface area contributed by atoms with Crippen LogP contribution in [-0.2, 0) is 14.6 Å².